The summed E-state index contributed by atoms with van der Waals surface area (Å²) in [6.07, 6.45) is 1.82. The number of amides is 1. The molecule has 2 atom stereocenters. The topological polar surface area (TPSA) is 41.6 Å². The summed E-state index contributed by atoms with van der Waals surface area (Å²) in [6, 6.07) is 8.85. The second-order valence-corrected chi connectivity index (χ2v) is 4.71. The average molecular weight is 248 g/mol. The highest BCUT2D eigenvalue weighted by Gasteiger charge is 2.26. The first-order chi connectivity index (χ1) is 8.74. The molecular weight excluding hydrogens is 228 g/mol. The van der Waals surface area contributed by atoms with Crippen molar-refractivity contribution in [2.45, 2.75) is 25.4 Å². The van der Waals surface area contributed by atoms with Gasteiger partial charge in [0.15, 0.2) is 0 Å². The third-order valence-electron chi connectivity index (χ3n) is 3.67. The molecule has 1 aliphatic heterocycles. The summed E-state index contributed by atoms with van der Waals surface area (Å²) in [5.74, 6) is 0.882. The van der Waals surface area contributed by atoms with Gasteiger partial charge in [0.25, 0.3) is 0 Å². The van der Waals surface area contributed by atoms with Crippen LogP contribution in [0.15, 0.2) is 24.3 Å². The molecule has 18 heavy (non-hydrogen) atoms. The molecule has 0 saturated carbocycles. The second-order valence-electron chi connectivity index (χ2n) is 4.71. The zero-order valence-electron chi connectivity index (χ0n) is 10.9. The van der Waals surface area contributed by atoms with Crippen molar-refractivity contribution in [3.05, 3.63) is 29.8 Å². The van der Waals surface area contributed by atoms with Gasteiger partial charge in [-0.05, 0) is 31.0 Å². The highest BCUT2D eigenvalue weighted by Crippen LogP contribution is 2.25. The lowest BCUT2D eigenvalue weighted by Gasteiger charge is -2.24. The number of nitrogens with one attached hydrogen (secondary N) is 1. The molecule has 0 aliphatic carbocycles. The zero-order valence-corrected chi connectivity index (χ0v) is 10.9. The molecule has 1 heterocycles. The van der Waals surface area contributed by atoms with E-state index in [1.807, 2.05) is 12.1 Å². The molecule has 4 heteroatoms. The Kier molecular flexibility index (Phi) is 4.20. The molecule has 0 aromatic heterocycles. The fourth-order valence-corrected chi connectivity index (χ4v) is 2.46. The van der Waals surface area contributed by atoms with Crippen LogP contribution in [0.5, 0.6) is 5.75 Å². The predicted molar refractivity (Wildman–Crippen MR) is 70.6 cm³/mol. The van der Waals surface area contributed by atoms with Crippen LogP contribution in [-0.2, 0) is 4.79 Å². The first-order valence-electron chi connectivity index (χ1n) is 6.32. The Balaban J connectivity index is 1.98. The lowest BCUT2D eigenvalue weighted by molar-refractivity contribution is -0.110. The summed E-state index contributed by atoms with van der Waals surface area (Å²) in [7, 11) is 1.68. The van der Waals surface area contributed by atoms with E-state index in [0.29, 0.717) is 12.1 Å². The number of hydrogen-bond donors (Lipinski definition) is 1. The van der Waals surface area contributed by atoms with Gasteiger partial charge in [-0.25, -0.2) is 0 Å². The largest absolute Gasteiger partial charge is 0.497 e. The molecule has 1 fully saturated rings. The Morgan fingerprint density at radius 2 is 2.17 bits per heavy atom. The Bertz CT molecular complexity index is 391. The minimum atomic E-state index is 0.295. The number of methoxy groups -OCH3 is 1. The van der Waals surface area contributed by atoms with E-state index >= 15 is 0 Å². The van der Waals surface area contributed by atoms with Crippen LogP contribution in [0.1, 0.15) is 24.9 Å². The smallest absolute Gasteiger partial charge is 0.207 e. The number of benzene rings is 1. The molecule has 2 rings (SSSR count). The molecule has 0 spiro atoms. The number of nitrogens with zero attached hydrogens (tertiary/aromatic N) is 1. The summed E-state index contributed by atoms with van der Waals surface area (Å²) in [6.45, 7) is 4.15. The summed E-state index contributed by atoms with van der Waals surface area (Å²) < 4.78 is 5.16. The first kappa shape index (κ1) is 12.9. The van der Waals surface area contributed by atoms with Crippen molar-refractivity contribution < 1.29 is 9.53 Å². The van der Waals surface area contributed by atoms with Gasteiger partial charge in [-0.15, -0.1) is 0 Å². The van der Waals surface area contributed by atoms with E-state index < -0.39 is 0 Å². The summed E-state index contributed by atoms with van der Waals surface area (Å²) in [5.41, 5.74) is 1.28. The molecule has 0 radical (unpaired) electrons. The Morgan fingerprint density at radius 1 is 1.44 bits per heavy atom. The number of carbonyl (C=O) groups excluding carboxylic acids is 1. The van der Waals surface area contributed by atoms with E-state index in [-0.39, 0.29) is 0 Å². The van der Waals surface area contributed by atoms with Crippen molar-refractivity contribution in [1.29, 1.82) is 0 Å². The van der Waals surface area contributed by atoms with Crippen molar-refractivity contribution in [3.63, 3.8) is 0 Å². The molecule has 1 aromatic carbocycles. The van der Waals surface area contributed by atoms with Crippen LogP contribution < -0.4 is 10.1 Å². The van der Waals surface area contributed by atoms with Gasteiger partial charge < -0.3 is 10.1 Å². The number of likely N-dealkylation sites (tertiary alicyclic amines) is 1. The number of hydrogen-bond acceptors (Lipinski definition) is 3. The van der Waals surface area contributed by atoms with Gasteiger partial charge in [-0.1, -0.05) is 12.1 Å². The molecule has 1 aliphatic rings. The summed E-state index contributed by atoms with van der Waals surface area (Å²) >= 11 is 0. The predicted octanol–water partition coefficient (Wildman–Crippen LogP) is 1.58. The lowest BCUT2D eigenvalue weighted by Crippen LogP contribution is -2.32. The maximum atomic E-state index is 10.4. The first-order valence-corrected chi connectivity index (χ1v) is 6.32. The van der Waals surface area contributed by atoms with E-state index in [1.165, 1.54) is 5.56 Å². The number of rotatable bonds is 5. The zero-order chi connectivity index (χ0) is 13.0. The van der Waals surface area contributed by atoms with Crippen LogP contribution in [0, 0.1) is 0 Å². The molecule has 1 saturated heterocycles. The standard InChI is InChI=1S/C14H20N2O2/c1-11(12-3-5-14(18-2)6-4-12)16-8-7-13(9-16)15-10-17/h3-6,10-11,13H,7-9H2,1-2H3,(H,15,17)/t11-,13?/m0/s1. The highest BCUT2D eigenvalue weighted by molar-refractivity contribution is 5.46. The summed E-state index contributed by atoms with van der Waals surface area (Å²) in [4.78, 5) is 12.8. The van der Waals surface area contributed by atoms with E-state index in [0.717, 1.165) is 31.7 Å². The normalized spacial score (nSPS) is 21.6. The molecular formula is C14H20N2O2. The third-order valence-corrected chi connectivity index (χ3v) is 3.67. The van der Waals surface area contributed by atoms with Gasteiger partial charge >= 0.3 is 0 Å². The average Bonchev–Trinajstić information content (AvgIpc) is 2.87. The monoisotopic (exact) mass is 248 g/mol. The fraction of sp³-hybridized carbons (Fsp3) is 0.500. The van der Waals surface area contributed by atoms with Crippen molar-refractivity contribution in [2.24, 2.45) is 0 Å². The van der Waals surface area contributed by atoms with Crippen molar-refractivity contribution in [1.82, 2.24) is 10.2 Å². The van der Waals surface area contributed by atoms with Gasteiger partial charge in [0.1, 0.15) is 5.75 Å². The molecule has 98 valence electrons. The minimum Gasteiger partial charge on any atom is -0.497 e. The van der Waals surface area contributed by atoms with Crippen LogP contribution in [0.4, 0.5) is 0 Å². The van der Waals surface area contributed by atoms with Crippen LogP contribution >= 0.6 is 0 Å². The molecule has 1 unspecified atom stereocenters. The maximum Gasteiger partial charge on any atom is 0.207 e. The van der Waals surface area contributed by atoms with E-state index in [2.05, 4.69) is 29.3 Å². The van der Waals surface area contributed by atoms with Gasteiger partial charge in [-0.2, -0.15) is 0 Å². The van der Waals surface area contributed by atoms with Crippen molar-refractivity contribution in [2.75, 3.05) is 20.2 Å². The molecule has 1 aromatic rings. The molecule has 1 N–H and O–H groups in total. The van der Waals surface area contributed by atoms with Crippen LogP contribution in [0.2, 0.25) is 0 Å². The van der Waals surface area contributed by atoms with Crippen LogP contribution in [0.3, 0.4) is 0 Å². The molecule has 0 bridgehead atoms. The quantitative estimate of drug-likeness (QED) is 0.804. The van der Waals surface area contributed by atoms with Gasteiger partial charge in [0.05, 0.1) is 7.11 Å². The van der Waals surface area contributed by atoms with Crippen molar-refractivity contribution >= 4 is 6.41 Å². The summed E-state index contributed by atoms with van der Waals surface area (Å²) in [5, 5.41) is 2.86. The Hall–Kier alpha value is -1.55. The fourth-order valence-electron chi connectivity index (χ4n) is 2.46. The SMILES string of the molecule is COc1ccc([C@H](C)N2CCC(NC=O)C2)cc1. The van der Waals surface area contributed by atoms with E-state index in [1.54, 1.807) is 7.11 Å². The highest BCUT2D eigenvalue weighted by atomic mass is 16.5. The molecule has 1 amide bonds. The van der Waals surface area contributed by atoms with E-state index in [9.17, 15) is 4.79 Å². The number of ether oxygens (including phenoxy) is 1. The maximum absolute atomic E-state index is 10.4. The van der Waals surface area contributed by atoms with Gasteiger partial charge in [-0.3, -0.25) is 9.69 Å². The van der Waals surface area contributed by atoms with Gasteiger partial charge in [0.2, 0.25) is 6.41 Å². The van der Waals surface area contributed by atoms with Crippen LogP contribution in [0.25, 0.3) is 0 Å². The second kappa shape index (κ2) is 5.87. The molecule has 4 nitrogen and oxygen atoms in total. The third kappa shape index (κ3) is 2.82. The Labute approximate surface area is 108 Å². The number of carbonyl (C=O) groups is 1. The van der Waals surface area contributed by atoms with E-state index in [4.69, 9.17) is 4.74 Å². The minimum absolute atomic E-state index is 0.295. The Morgan fingerprint density at radius 3 is 2.78 bits per heavy atom. The van der Waals surface area contributed by atoms with Crippen molar-refractivity contribution in [3.8, 4) is 5.75 Å². The van der Waals surface area contributed by atoms with Crippen LogP contribution in [-0.4, -0.2) is 37.6 Å². The van der Waals surface area contributed by atoms with Gasteiger partial charge in [0, 0.05) is 25.2 Å². The lowest BCUT2D eigenvalue weighted by atomic mass is 10.1.